The SMILES string of the molecule is C[C@@H]1CCN(C(=O)Cn2cnnn2)C[C@@H]1n1ccc2cnc3[nH]ccc3c21. The summed E-state index contributed by atoms with van der Waals surface area (Å²) < 4.78 is 3.78. The number of H-pyrrole nitrogens is 1. The van der Waals surface area contributed by atoms with Crippen molar-refractivity contribution in [2.45, 2.75) is 25.9 Å². The van der Waals surface area contributed by atoms with E-state index in [1.54, 1.807) is 0 Å². The van der Waals surface area contributed by atoms with Gasteiger partial charge in [-0.15, -0.1) is 5.10 Å². The molecule has 2 atom stereocenters. The Bertz CT molecular complexity index is 1100. The molecule has 0 aliphatic carbocycles. The van der Waals surface area contributed by atoms with Gasteiger partial charge in [0.25, 0.3) is 0 Å². The van der Waals surface area contributed by atoms with Crippen molar-refractivity contribution in [2.75, 3.05) is 13.1 Å². The van der Waals surface area contributed by atoms with Crippen molar-refractivity contribution >= 4 is 27.8 Å². The van der Waals surface area contributed by atoms with Crippen molar-refractivity contribution in [3.63, 3.8) is 0 Å². The van der Waals surface area contributed by atoms with E-state index in [1.165, 1.54) is 16.5 Å². The first-order valence-electron chi connectivity index (χ1n) is 9.12. The monoisotopic (exact) mass is 364 g/mol. The topological polar surface area (TPSA) is 97.5 Å². The van der Waals surface area contributed by atoms with Gasteiger partial charge in [0.2, 0.25) is 5.91 Å². The second-order valence-corrected chi connectivity index (χ2v) is 7.21. The number of fused-ring (bicyclic) bond motifs is 3. The van der Waals surface area contributed by atoms with E-state index in [1.807, 2.05) is 17.3 Å². The Morgan fingerprint density at radius 2 is 2.30 bits per heavy atom. The van der Waals surface area contributed by atoms with Gasteiger partial charge in [-0.3, -0.25) is 4.79 Å². The van der Waals surface area contributed by atoms with Crippen molar-refractivity contribution in [1.29, 1.82) is 0 Å². The smallest absolute Gasteiger partial charge is 0.244 e. The molecule has 4 aromatic heterocycles. The summed E-state index contributed by atoms with van der Waals surface area (Å²) in [5.74, 6) is 0.518. The number of likely N-dealkylation sites (tertiary alicyclic amines) is 1. The van der Waals surface area contributed by atoms with Crippen LogP contribution in [0.1, 0.15) is 19.4 Å². The number of aromatic amines is 1. The molecule has 0 aromatic carbocycles. The molecule has 5 rings (SSSR count). The van der Waals surface area contributed by atoms with Gasteiger partial charge in [-0.2, -0.15) is 0 Å². The van der Waals surface area contributed by atoms with E-state index in [2.05, 4.69) is 55.3 Å². The number of piperidine rings is 1. The molecule has 9 heteroatoms. The van der Waals surface area contributed by atoms with Gasteiger partial charge in [0.15, 0.2) is 0 Å². The number of aromatic nitrogens is 7. The number of nitrogens with zero attached hydrogens (tertiary/aromatic N) is 7. The van der Waals surface area contributed by atoms with Gasteiger partial charge in [-0.25, -0.2) is 9.67 Å². The number of amides is 1. The normalized spacial score (nSPS) is 20.6. The number of pyridine rings is 1. The van der Waals surface area contributed by atoms with Gasteiger partial charge in [-0.05, 0) is 34.9 Å². The van der Waals surface area contributed by atoms with Crippen molar-refractivity contribution in [3.05, 3.63) is 37.1 Å². The number of hydrogen-bond acceptors (Lipinski definition) is 5. The van der Waals surface area contributed by atoms with Crippen LogP contribution in [0.3, 0.4) is 0 Å². The number of rotatable bonds is 3. The van der Waals surface area contributed by atoms with Gasteiger partial charge in [0.1, 0.15) is 18.5 Å². The fourth-order valence-electron chi connectivity index (χ4n) is 4.06. The van der Waals surface area contributed by atoms with Gasteiger partial charge in [0, 0.05) is 42.5 Å². The molecular weight excluding hydrogens is 344 g/mol. The number of nitrogens with one attached hydrogen (secondary N) is 1. The Kier molecular flexibility index (Phi) is 3.66. The molecule has 0 spiro atoms. The molecule has 0 saturated carbocycles. The highest BCUT2D eigenvalue weighted by atomic mass is 16.2. The van der Waals surface area contributed by atoms with E-state index in [0.717, 1.165) is 29.4 Å². The standard InChI is InChI=1S/C18H20N8O/c1-12-3-6-24(16(27)10-25-11-21-22-23-25)9-15(12)26-7-4-13-8-20-18-14(17(13)26)2-5-19-18/h2,4-5,7-8,11-12,15H,3,6,9-10H2,1H3,(H,19,20)/t12-,15+/m1/s1. The third-order valence-corrected chi connectivity index (χ3v) is 5.58. The lowest BCUT2D eigenvalue weighted by atomic mass is 9.93. The number of carbonyl (C=O) groups excluding carboxylic acids is 1. The van der Waals surface area contributed by atoms with Crippen LogP contribution >= 0.6 is 0 Å². The molecule has 0 unspecified atom stereocenters. The fourth-order valence-corrected chi connectivity index (χ4v) is 4.06. The van der Waals surface area contributed by atoms with Crippen molar-refractivity contribution < 1.29 is 4.79 Å². The molecule has 27 heavy (non-hydrogen) atoms. The summed E-state index contributed by atoms with van der Waals surface area (Å²) in [5, 5.41) is 13.2. The Hall–Kier alpha value is -3.23. The molecule has 0 bridgehead atoms. The molecule has 9 nitrogen and oxygen atoms in total. The van der Waals surface area contributed by atoms with Crippen LogP contribution in [0.5, 0.6) is 0 Å². The Morgan fingerprint density at radius 1 is 1.37 bits per heavy atom. The molecule has 1 aliphatic rings. The summed E-state index contributed by atoms with van der Waals surface area (Å²) in [6.45, 7) is 3.88. The van der Waals surface area contributed by atoms with Crippen LogP contribution in [-0.4, -0.2) is 58.6 Å². The Labute approximate surface area is 155 Å². The summed E-state index contributed by atoms with van der Waals surface area (Å²) in [7, 11) is 0. The largest absolute Gasteiger partial charge is 0.346 e. The molecule has 1 amide bonds. The summed E-state index contributed by atoms with van der Waals surface area (Å²) in [6, 6.07) is 4.38. The van der Waals surface area contributed by atoms with Crippen LogP contribution in [0.15, 0.2) is 37.1 Å². The van der Waals surface area contributed by atoms with Gasteiger partial charge >= 0.3 is 0 Å². The molecule has 5 heterocycles. The first-order chi connectivity index (χ1) is 13.2. The third kappa shape index (κ3) is 2.66. The third-order valence-electron chi connectivity index (χ3n) is 5.58. The molecule has 1 saturated heterocycles. The lowest BCUT2D eigenvalue weighted by molar-refractivity contribution is -0.134. The van der Waals surface area contributed by atoms with Crippen molar-refractivity contribution in [2.24, 2.45) is 5.92 Å². The van der Waals surface area contributed by atoms with Crippen LogP contribution in [0.25, 0.3) is 21.9 Å². The highest BCUT2D eigenvalue weighted by Crippen LogP contribution is 2.33. The maximum Gasteiger partial charge on any atom is 0.244 e. The van der Waals surface area contributed by atoms with E-state index >= 15 is 0 Å². The summed E-state index contributed by atoms with van der Waals surface area (Å²) in [6.07, 6.45) is 8.37. The predicted molar refractivity (Wildman–Crippen MR) is 98.8 cm³/mol. The van der Waals surface area contributed by atoms with E-state index in [9.17, 15) is 4.79 Å². The second-order valence-electron chi connectivity index (χ2n) is 7.21. The first kappa shape index (κ1) is 16.0. The quantitative estimate of drug-likeness (QED) is 0.596. The van der Waals surface area contributed by atoms with E-state index in [4.69, 9.17) is 0 Å². The zero-order chi connectivity index (χ0) is 18.4. The molecule has 1 fully saturated rings. The highest BCUT2D eigenvalue weighted by Gasteiger charge is 2.31. The van der Waals surface area contributed by atoms with Crippen LogP contribution < -0.4 is 0 Å². The molecule has 4 aromatic rings. The minimum atomic E-state index is 0.0455. The lowest BCUT2D eigenvalue weighted by Crippen LogP contribution is -2.45. The van der Waals surface area contributed by atoms with Gasteiger partial charge < -0.3 is 14.5 Å². The second kappa shape index (κ2) is 6.19. The first-order valence-corrected chi connectivity index (χ1v) is 9.12. The predicted octanol–water partition coefficient (Wildman–Crippen LogP) is 1.61. The maximum absolute atomic E-state index is 12.7. The van der Waals surface area contributed by atoms with Gasteiger partial charge in [-0.1, -0.05) is 6.92 Å². The fraction of sp³-hybridized carbons (Fsp3) is 0.389. The molecular formula is C18H20N8O. The highest BCUT2D eigenvalue weighted by molar-refractivity contribution is 6.02. The molecule has 138 valence electrons. The number of carbonyl (C=O) groups is 1. The molecule has 1 aliphatic heterocycles. The molecule has 0 radical (unpaired) electrons. The van der Waals surface area contributed by atoms with Crippen LogP contribution in [-0.2, 0) is 11.3 Å². The zero-order valence-electron chi connectivity index (χ0n) is 15.0. The van der Waals surface area contributed by atoms with E-state index < -0.39 is 0 Å². The maximum atomic E-state index is 12.7. The average molecular weight is 364 g/mol. The minimum Gasteiger partial charge on any atom is -0.346 e. The van der Waals surface area contributed by atoms with Crippen LogP contribution in [0, 0.1) is 5.92 Å². The van der Waals surface area contributed by atoms with E-state index in [0.29, 0.717) is 12.5 Å². The van der Waals surface area contributed by atoms with Gasteiger partial charge in [0.05, 0.1) is 11.6 Å². The molecule has 1 N–H and O–H groups in total. The zero-order valence-corrected chi connectivity index (χ0v) is 15.0. The number of hydrogen-bond donors (Lipinski definition) is 1. The van der Waals surface area contributed by atoms with Crippen molar-refractivity contribution in [3.8, 4) is 0 Å². The average Bonchev–Trinajstić information content (AvgIpc) is 3.41. The lowest BCUT2D eigenvalue weighted by Gasteiger charge is -2.38. The van der Waals surface area contributed by atoms with Crippen molar-refractivity contribution in [1.82, 2.24) is 39.6 Å². The van der Waals surface area contributed by atoms with Crippen LogP contribution in [0.4, 0.5) is 0 Å². The Balaban J connectivity index is 1.47. The minimum absolute atomic E-state index is 0.0455. The van der Waals surface area contributed by atoms with E-state index in [-0.39, 0.29) is 18.5 Å². The summed E-state index contributed by atoms with van der Waals surface area (Å²) >= 11 is 0. The van der Waals surface area contributed by atoms with Crippen LogP contribution in [0.2, 0.25) is 0 Å². The summed E-state index contributed by atoms with van der Waals surface area (Å²) in [4.78, 5) is 22.3. The Morgan fingerprint density at radius 3 is 3.15 bits per heavy atom. The summed E-state index contributed by atoms with van der Waals surface area (Å²) in [5.41, 5.74) is 2.06. The number of tetrazole rings is 1.